The maximum Gasteiger partial charge on any atom is 0.133 e. The van der Waals surface area contributed by atoms with Crippen molar-refractivity contribution in [3.05, 3.63) is 28.2 Å². The third kappa shape index (κ3) is 3.30. The molecule has 0 amide bonds. The normalized spacial score (nSPS) is 24.1. The first-order valence-electron chi connectivity index (χ1n) is 6.86. The molecule has 106 valence electrons. The first-order chi connectivity index (χ1) is 9.02. The lowest BCUT2D eigenvalue weighted by atomic mass is 10.00. The molecule has 0 spiro atoms. The quantitative estimate of drug-likeness (QED) is 0.923. The summed E-state index contributed by atoms with van der Waals surface area (Å²) in [5, 5.41) is 0. The van der Waals surface area contributed by atoms with E-state index in [4.69, 9.17) is 10.5 Å². The van der Waals surface area contributed by atoms with E-state index in [9.17, 15) is 0 Å². The van der Waals surface area contributed by atoms with Gasteiger partial charge in [0.15, 0.2) is 0 Å². The molecule has 2 N–H and O–H groups in total. The van der Waals surface area contributed by atoms with Crippen molar-refractivity contribution < 1.29 is 4.74 Å². The van der Waals surface area contributed by atoms with Gasteiger partial charge in [-0.15, -0.1) is 0 Å². The Kier molecular flexibility index (Phi) is 4.87. The second-order valence-corrected chi connectivity index (χ2v) is 6.53. The summed E-state index contributed by atoms with van der Waals surface area (Å²) >= 11 is 3.56. The molecule has 1 aromatic rings. The number of likely N-dealkylation sites (tertiary alicyclic amines) is 1. The van der Waals surface area contributed by atoms with Gasteiger partial charge < -0.3 is 10.5 Å². The summed E-state index contributed by atoms with van der Waals surface area (Å²) in [6.45, 7) is 6.70. The highest BCUT2D eigenvalue weighted by Crippen LogP contribution is 2.35. The number of ether oxygens (including phenoxy) is 1. The summed E-state index contributed by atoms with van der Waals surface area (Å²) in [5.74, 6) is 1.53. The Hall–Kier alpha value is -0.580. The molecular weight excluding hydrogens is 304 g/mol. The second-order valence-electron chi connectivity index (χ2n) is 5.68. The van der Waals surface area contributed by atoms with E-state index in [1.807, 2.05) is 6.07 Å². The molecule has 4 heteroatoms. The molecule has 0 aliphatic carbocycles. The number of nitrogens with two attached hydrogens (primary N) is 1. The molecule has 2 unspecified atom stereocenters. The van der Waals surface area contributed by atoms with Crippen LogP contribution >= 0.6 is 15.9 Å². The van der Waals surface area contributed by atoms with Crippen molar-refractivity contribution in [3.8, 4) is 5.75 Å². The standard InChI is InChI=1S/C15H23BrN2O/c1-10(2)9-18-7-6-13(17)15(18)11-4-5-14(19-3)12(16)8-11/h4-5,8,10,13,15H,6-7,9,17H2,1-3H3. The maximum atomic E-state index is 6.31. The Morgan fingerprint density at radius 3 is 2.79 bits per heavy atom. The Morgan fingerprint density at radius 2 is 2.21 bits per heavy atom. The predicted molar refractivity (Wildman–Crippen MR) is 82.4 cm³/mol. The fraction of sp³-hybridized carbons (Fsp3) is 0.600. The third-order valence-electron chi connectivity index (χ3n) is 3.67. The fourth-order valence-corrected chi connectivity index (χ4v) is 3.44. The van der Waals surface area contributed by atoms with E-state index in [1.165, 1.54) is 5.56 Å². The van der Waals surface area contributed by atoms with Crippen molar-refractivity contribution in [2.24, 2.45) is 11.7 Å². The highest BCUT2D eigenvalue weighted by Gasteiger charge is 2.33. The van der Waals surface area contributed by atoms with Crippen LogP contribution in [0.4, 0.5) is 0 Å². The molecule has 1 aliphatic heterocycles. The number of benzene rings is 1. The highest BCUT2D eigenvalue weighted by atomic mass is 79.9. The summed E-state index contributed by atoms with van der Waals surface area (Å²) in [4.78, 5) is 2.50. The number of hydrogen-bond donors (Lipinski definition) is 1. The van der Waals surface area contributed by atoms with Gasteiger partial charge in [0, 0.05) is 25.2 Å². The Balaban J connectivity index is 2.24. The minimum absolute atomic E-state index is 0.221. The van der Waals surface area contributed by atoms with Crippen molar-refractivity contribution in [3.63, 3.8) is 0 Å². The molecule has 1 fully saturated rings. The number of hydrogen-bond acceptors (Lipinski definition) is 3. The van der Waals surface area contributed by atoms with Crippen LogP contribution in [0.25, 0.3) is 0 Å². The van der Waals surface area contributed by atoms with Gasteiger partial charge in [0.25, 0.3) is 0 Å². The van der Waals surface area contributed by atoms with Crippen LogP contribution in [-0.2, 0) is 0 Å². The molecular formula is C15H23BrN2O. The summed E-state index contributed by atoms with van der Waals surface area (Å²) in [6.07, 6.45) is 1.07. The lowest BCUT2D eigenvalue weighted by Gasteiger charge is -2.28. The molecule has 2 atom stereocenters. The zero-order valence-corrected chi connectivity index (χ0v) is 13.5. The van der Waals surface area contributed by atoms with E-state index in [-0.39, 0.29) is 6.04 Å². The van der Waals surface area contributed by atoms with Gasteiger partial charge in [-0.2, -0.15) is 0 Å². The Labute approximate surface area is 124 Å². The van der Waals surface area contributed by atoms with E-state index in [0.29, 0.717) is 12.0 Å². The van der Waals surface area contributed by atoms with Crippen LogP contribution in [0.15, 0.2) is 22.7 Å². The molecule has 3 nitrogen and oxygen atoms in total. The molecule has 1 aromatic carbocycles. The smallest absolute Gasteiger partial charge is 0.133 e. The van der Waals surface area contributed by atoms with Crippen molar-refractivity contribution in [1.82, 2.24) is 4.90 Å². The summed E-state index contributed by atoms with van der Waals surface area (Å²) in [5.41, 5.74) is 7.59. The van der Waals surface area contributed by atoms with Crippen molar-refractivity contribution >= 4 is 15.9 Å². The Bertz CT molecular complexity index is 436. The average molecular weight is 327 g/mol. The van der Waals surface area contributed by atoms with Crippen LogP contribution < -0.4 is 10.5 Å². The number of nitrogens with zero attached hydrogens (tertiary/aromatic N) is 1. The van der Waals surface area contributed by atoms with E-state index < -0.39 is 0 Å². The molecule has 0 radical (unpaired) electrons. The Morgan fingerprint density at radius 1 is 1.47 bits per heavy atom. The largest absolute Gasteiger partial charge is 0.496 e. The van der Waals surface area contributed by atoms with Crippen LogP contribution in [-0.4, -0.2) is 31.1 Å². The van der Waals surface area contributed by atoms with Gasteiger partial charge in [-0.25, -0.2) is 0 Å². The van der Waals surface area contributed by atoms with Crippen LogP contribution in [0.1, 0.15) is 31.9 Å². The fourth-order valence-electron chi connectivity index (χ4n) is 2.88. The van der Waals surface area contributed by atoms with Gasteiger partial charge in [0.1, 0.15) is 5.75 Å². The van der Waals surface area contributed by atoms with Gasteiger partial charge in [-0.1, -0.05) is 19.9 Å². The van der Waals surface area contributed by atoms with E-state index >= 15 is 0 Å². The lowest BCUT2D eigenvalue weighted by molar-refractivity contribution is 0.221. The number of rotatable bonds is 4. The van der Waals surface area contributed by atoms with Crippen LogP contribution in [0.5, 0.6) is 5.75 Å². The summed E-state index contributed by atoms with van der Waals surface area (Å²) < 4.78 is 6.29. The first-order valence-corrected chi connectivity index (χ1v) is 7.65. The van der Waals surface area contributed by atoms with Gasteiger partial charge in [0.2, 0.25) is 0 Å². The van der Waals surface area contributed by atoms with Crippen LogP contribution in [0.2, 0.25) is 0 Å². The lowest BCUT2D eigenvalue weighted by Crippen LogP contribution is -2.33. The zero-order chi connectivity index (χ0) is 14.0. The zero-order valence-electron chi connectivity index (χ0n) is 11.9. The topological polar surface area (TPSA) is 38.5 Å². The van der Waals surface area contributed by atoms with E-state index in [1.54, 1.807) is 7.11 Å². The van der Waals surface area contributed by atoms with Gasteiger partial charge in [-0.3, -0.25) is 4.90 Å². The maximum absolute atomic E-state index is 6.31. The van der Waals surface area contributed by atoms with Crippen molar-refractivity contribution in [1.29, 1.82) is 0 Å². The van der Waals surface area contributed by atoms with E-state index in [2.05, 4.69) is 46.8 Å². The molecule has 1 heterocycles. The minimum Gasteiger partial charge on any atom is -0.496 e. The number of halogens is 1. The average Bonchev–Trinajstić information content (AvgIpc) is 2.69. The molecule has 19 heavy (non-hydrogen) atoms. The van der Waals surface area contributed by atoms with Crippen molar-refractivity contribution in [2.75, 3.05) is 20.2 Å². The molecule has 0 saturated carbocycles. The molecule has 1 saturated heterocycles. The van der Waals surface area contributed by atoms with Gasteiger partial charge in [0.05, 0.1) is 11.6 Å². The monoisotopic (exact) mass is 326 g/mol. The summed E-state index contributed by atoms with van der Waals surface area (Å²) in [7, 11) is 1.69. The van der Waals surface area contributed by atoms with Crippen LogP contribution in [0.3, 0.4) is 0 Å². The van der Waals surface area contributed by atoms with Crippen molar-refractivity contribution in [2.45, 2.75) is 32.4 Å². The minimum atomic E-state index is 0.221. The third-order valence-corrected chi connectivity index (χ3v) is 4.29. The summed E-state index contributed by atoms with van der Waals surface area (Å²) in [6, 6.07) is 6.83. The highest BCUT2D eigenvalue weighted by molar-refractivity contribution is 9.10. The molecule has 0 bridgehead atoms. The SMILES string of the molecule is COc1ccc(C2C(N)CCN2CC(C)C)cc1Br. The second kappa shape index (κ2) is 6.25. The molecule has 2 rings (SSSR count). The number of methoxy groups -OCH3 is 1. The predicted octanol–water partition coefficient (Wildman–Crippen LogP) is 3.19. The van der Waals surface area contributed by atoms with Crippen LogP contribution in [0, 0.1) is 5.92 Å². The van der Waals surface area contributed by atoms with Gasteiger partial charge in [-0.05, 0) is 46.0 Å². The molecule has 1 aliphatic rings. The molecule has 0 aromatic heterocycles. The van der Waals surface area contributed by atoms with E-state index in [0.717, 1.165) is 29.7 Å². The first kappa shape index (κ1) is 14.8. The van der Waals surface area contributed by atoms with Gasteiger partial charge >= 0.3 is 0 Å².